The Bertz CT molecular complexity index is 558. The van der Waals surface area contributed by atoms with Crippen molar-refractivity contribution in [2.24, 2.45) is 0 Å². The number of hydrogen-bond donors (Lipinski definition) is 1. The van der Waals surface area contributed by atoms with E-state index >= 15 is 0 Å². The van der Waals surface area contributed by atoms with Crippen LogP contribution in [0.2, 0.25) is 10.0 Å². The average Bonchev–Trinajstić information content (AvgIpc) is 2.49. The van der Waals surface area contributed by atoms with Gasteiger partial charge in [0.2, 0.25) is 0 Å². The van der Waals surface area contributed by atoms with Crippen LogP contribution in [-0.2, 0) is 0 Å². The number of ether oxygens (including phenoxy) is 1. The van der Waals surface area contributed by atoms with Gasteiger partial charge in [-0.05, 0) is 42.7 Å². The minimum absolute atomic E-state index is 0.00846. The molecule has 0 saturated heterocycles. The molecule has 0 unspecified atom stereocenters. The molecule has 2 aromatic rings. The average molecular weight is 325 g/mol. The van der Waals surface area contributed by atoms with Crippen LogP contribution >= 0.6 is 23.2 Å². The standard InChI is InChI=1S/C17H18Cl2O2/c18-14-8-9-16(17(19)11-14)13(12-20)5-4-10-21-15-6-2-1-3-7-15/h1-3,6-9,11,13,20H,4-5,10,12H2/t13-/m0/s1. The molecule has 0 spiro atoms. The maximum atomic E-state index is 9.56. The second-order valence-electron chi connectivity index (χ2n) is 4.85. The van der Waals surface area contributed by atoms with Crippen molar-refractivity contribution >= 4 is 23.2 Å². The molecular formula is C17H18Cl2O2. The summed E-state index contributed by atoms with van der Waals surface area (Å²) in [6, 6.07) is 15.1. The molecule has 0 aliphatic carbocycles. The van der Waals surface area contributed by atoms with Gasteiger partial charge in [0.05, 0.1) is 6.61 Å². The van der Waals surface area contributed by atoms with Crippen molar-refractivity contribution in [2.75, 3.05) is 13.2 Å². The lowest BCUT2D eigenvalue weighted by Gasteiger charge is -2.16. The highest BCUT2D eigenvalue weighted by Gasteiger charge is 2.14. The second-order valence-corrected chi connectivity index (χ2v) is 5.69. The van der Waals surface area contributed by atoms with Gasteiger partial charge in [0.1, 0.15) is 5.75 Å². The Morgan fingerprint density at radius 3 is 2.48 bits per heavy atom. The van der Waals surface area contributed by atoms with Crippen molar-refractivity contribution in [2.45, 2.75) is 18.8 Å². The van der Waals surface area contributed by atoms with Gasteiger partial charge < -0.3 is 9.84 Å². The Morgan fingerprint density at radius 2 is 1.81 bits per heavy atom. The lowest BCUT2D eigenvalue weighted by molar-refractivity contribution is 0.243. The third kappa shape index (κ3) is 4.92. The predicted molar refractivity (Wildman–Crippen MR) is 87.5 cm³/mol. The van der Waals surface area contributed by atoms with Crippen molar-refractivity contribution < 1.29 is 9.84 Å². The summed E-state index contributed by atoms with van der Waals surface area (Å²) in [4.78, 5) is 0. The molecule has 0 bridgehead atoms. The summed E-state index contributed by atoms with van der Waals surface area (Å²) in [5.74, 6) is 0.872. The zero-order chi connectivity index (χ0) is 15.1. The maximum absolute atomic E-state index is 9.56. The van der Waals surface area contributed by atoms with E-state index in [1.807, 2.05) is 36.4 Å². The third-order valence-corrected chi connectivity index (χ3v) is 3.89. The number of aliphatic hydroxyl groups is 1. The molecule has 0 aliphatic rings. The van der Waals surface area contributed by atoms with E-state index in [2.05, 4.69) is 0 Å². The van der Waals surface area contributed by atoms with Crippen LogP contribution in [-0.4, -0.2) is 18.3 Å². The van der Waals surface area contributed by atoms with E-state index in [1.54, 1.807) is 12.1 Å². The minimum Gasteiger partial charge on any atom is -0.494 e. The lowest BCUT2D eigenvalue weighted by Crippen LogP contribution is -2.07. The van der Waals surface area contributed by atoms with Crippen molar-refractivity contribution in [1.29, 1.82) is 0 Å². The summed E-state index contributed by atoms with van der Waals surface area (Å²) in [6.07, 6.45) is 1.66. The van der Waals surface area contributed by atoms with Gasteiger partial charge in [0.15, 0.2) is 0 Å². The SMILES string of the molecule is OC[C@H](CCCOc1ccccc1)c1ccc(Cl)cc1Cl. The third-order valence-electron chi connectivity index (χ3n) is 3.33. The fraction of sp³-hybridized carbons (Fsp3) is 0.294. The van der Waals surface area contributed by atoms with Gasteiger partial charge in [-0.15, -0.1) is 0 Å². The van der Waals surface area contributed by atoms with Gasteiger partial charge in [-0.2, -0.15) is 0 Å². The molecule has 0 saturated carbocycles. The zero-order valence-electron chi connectivity index (χ0n) is 11.6. The van der Waals surface area contributed by atoms with Gasteiger partial charge in [-0.1, -0.05) is 47.5 Å². The lowest BCUT2D eigenvalue weighted by atomic mass is 9.95. The second kappa shape index (κ2) is 8.28. The highest BCUT2D eigenvalue weighted by Crippen LogP contribution is 2.30. The highest BCUT2D eigenvalue weighted by molar-refractivity contribution is 6.35. The molecule has 0 fully saturated rings. The smallest absolute Gasteiger partial charge is 0.119 e. The summed E-state index contributed by atoms with van der Waals surface area (Å²) in [6.45, 7) is 0.679. The van der Waals surface area contributed by atoms with Crippen LogP contribution in [0.25, 0.3) is 0 Å². The van der Waals surface area contributed by atoms with E-state index in [-0.39, 0.29) is 12.5 Å². The zero-order valence-corrected chi connectivity index (χ0v) is 13.1. The Balaban J connectivity index is 1.85. The fourth-order valence-electron chi connectivity index (χ4n) is 2.21. The Kier molecular flexibility index (Phi) is 6.37. The molecule has 0 amide bonds. The van der Waals surface area contributed by atoms with E-state index in [4.69, 9.17) is 27.9 Å². The molecule has 0 radical (unpaired) electrons. The fourth-order valence-corrected chi connectivity index (χ4v) is 2.78. The normalized spacial score (nSPS) is 12.1. The van der Waals surface area contributed by atoms with Gasteiger partial charge in [-0.25, -0.2) is 0 Å². The summed E-state index contributed by atoms with van der Waals surface area (Å²) in [5, 5.41) is 10.8. The Hall–Kier alpha value is -1.22. The van der Waals surface area contributed by atoms with Crippen LogP contribution in [0.3, 0.4) is 0 Å². The molecule has 0 heterocycles. The maximum Gasteiger partial charge on any atom is 0.119 e. The number of rotatable bonds is 7. The van der Waals surface area contributed by atoms with E-state index in [1.165, 1.54) is 0 Å². The van der Waals surface area contributed by atoms with Crippen molar-refractivity contribution in [3.05, 3.63) is 64.1 Å². The molecular weight excluding hydrogens is 307 g/mol. The van der Waals surface area contributed by atoms with E-state index in [9.17, 15) is 5.11 Å². The molecule has 4 heteroatoms. The number of para-hydroxylation sites is 1. The molecule has 0 aromatic heterocycles. The molecule has 2 aromatic carbocycles. The number of benzene rings is 2. The van der Waals surface area contributed by atoms with E-state index in [0.29, 0.717) is 16.7 Å². The first kappa shape index (κ1) is 16.2. The minimum atomic E-state index is 0.00846. The van der Waals surface area contributed by atoms with Crippen LogP contribution in [0, 0.1) is 0 Å². The highest BCUT2D eigenvalue weighted by atomic mass is 35.5. The van der Waals surface area contributed by atoms with Gasteiger partial charge in [-0.3, -0.25) is 0 Å². The van der Waals surface area contributed by atoms with Crippen LogP contribution in [0.5, 0.6) is 5.75 Å². The number of hydrogen-bond acceptors (Lipinski definition) is 2. The Labute approximate surface area is 135 Å². The summed E-state index contributed by atoms with van der Waals surface area (Å²) >= 11 is 12.1. The molecule has 2 nitrogen and oxygen atoms in total. The summed E-state index contributed by atoms with van der Waals surface area (Å²) in [7, 11) is 0. The predicted octanol–water partition coefficient (Wildman–Crippen LogP) is 4.93. The molecule has 1 N–H and O–H groups in total. The van der Waals surface area contributed by atoms with Crippen molar-refractivity contribution in [1.82, 2.24) is 0 Å². The number of aliphatic hydroxyl groups excluding tert-OH is 1. The molecule has 2 rings (SSSR count). The van der Waals surface area contributed by atoms with Crippen molar-refractivity contribution in [3.8, 4) is 5.75 Å². The van der Waals surface area contributed by atoms with Crippen LogP contribution in [0.1, 0.15) is 24.3 Å². The quantitative estimate of drug-likeness (QED) is 0.732. The Morgan fingerprint density at radius 1 is 1.05 bits per heavy atom. The first-order chi connectivity index (χ1) is 10.2. The number of halogens is 2. The van der Waals surface area contributed by atoms with E-state index < -0.39 is 0 Å². The molecule has 1 atom stereocenters. The first-order valence-electron chi connectivity index (χ1n) is 6.94. The largest absolute Gasteiger partial charge is 0.494 e. The molecule has 21 heavy (non-hydrogen) atoms. The molecule has 112 valence electrons. The topological polar surface area (TPSA) is 29.5 Å². The summed E-state index contributed by atoms with van der Waals surface area (Å²) < 4.78 is 5.65. The molecule has 0 aliphatic heterocycles. The van der Waals surface area contributed by atoms with Crippen LogP contribution < -0.4 is 4.74 Å². The van der Waals surface area contributed by atoms with Crippen LogP contribution in [0.15, 0.2) is 48.5 Å². The first-order valence-corrected chi connectivity index (χ1v) is 7.70. The summed E-state index contributed by atoms with van der Waals surface area (Å²) in [5.41, 5.74) is 0.934. The monoisotopic (exact) mass is 324 g/mol. The van der Waals surface area contributed by atoms with E-state index in [0.717, 1.165) is 24.2 Å². The van der Waals surface area contributed by atoms with Gasteiger partial charge >= 0.3 is 0 Å². The van der Waals surface area contributed by atoms with Crippen LogP contribution in [0.4, 0.5) is 0 Å². The van der Waals surface area contributed by atoms with Gasteiger partial charge in [0.25, 0.3) is 0 Å². The van der Waals surface area contributed by atoms with Crippen molar-refractivity contribution in [3.63, 3.8) is 0 Å². The van der Waals surface area contributed by atoms with Gasteiger partial charge in [0, 0.05) is 22.6 Å².